The largest absolute Gasteiger partial charge is 0.469 e. The fourth-order valence-corrected chi connectivity index (χ4v) is 2.20. The van der Waals surface area contributed by atoms with Crippen molar-refractivity contribution < 1.29 is 18.7 Å². The maximum atomic E-state index is 13.7. The van der Waals surface area contributed by atoms with E-state index in [0.29, 0.717) is 10.6 Å². The monoisotopic (exact) mass is 335 g/mol. The summed E-state index contributed by atoms with van der Waals surface area (Å²) in [6.45, 7) is 0. The van der Waals surface area contributed by atoms with E-state index in [4.69, 9.17) is 11.6 Å². The van der Waals surface area contributed by atoms with Gasteiger partial charge in [-0.25, -0.2) is 4.39 Å². The summed E-state index contributed by atoms with van der Waals surface area (Å²) in [5.74, 6) is -1.72. The van der Waals surface area contributed by atoms with E-state index in [1.807, 2.05) is 0 Å². The first kappa shape index (κ1) is 17.0. The van der Waals surface area contributed by atoms with Gasteiger partial charge in [-0.3, -0.25) is 9.59 Å². The van der Waals surface area contributed by atoms with Gasteiger partial charge in [0.2, 0.25) is 0 Å². The molecular weight excluding hydrogens is 321 g/mol. The fourth-order valence-electron chi connectivity index (χ4n) is 2.08. The molecule has 0 saturated heterocycles. The van der Waals surface area contributed by atoms with Crippen molar-refractivity contribution in [3.8, 4) is 0 Å². The Labute approximate surface area is 138 Å². The second-order valence-corrected chi connectivity index (χ2v) is 5.27. The molecule has 0 fully saturated rings. The van der Waals surface area contributed by atoms with Gasteiger partial charge >= 0.3 is 5.97 Å². The lowest BCUT2D eigenvalue weighted by Crippen LogP contribution is -2.31. The third-order valence-corrected chi connectivity index (χ3v) is 3.55. The Balaban J connectivity index is 2.23. The summed E-state index contributed by atoms with van der Waals surface area (Å²) >= 11 is 5.84. The molecule has 0 aliphatic rings. The SMILES string of the molecule is COC(=O)C[C@@H](NC(=O)c1ccccc1F)c1ccc(Cl)cc1. The Morgan fingerprint density at radius 2 is 1.83 bits per heavy atom. The molecule has 120 valence electrons. The third-order valence-electron chi connectivity index (χ3n) is 3.29. The van der Waals surface area contributed by atoms with Crippen LogP contribution in [-0.4, -0.2) is 19.0 Å². The number of nitrogens with one attached hydrogen (secondary N) is 1. The van der Waals surface area contributed by atoms with Crippen LogP contribution in [0.4, 0.5) is 4.39 Å². The zero-order valence-electron chi connectivity index (χ0n) is 12.4. The maximum absolute atomic E-state index is 13.7. The number of amides is 1. The second kappa shape index (κ2) is 7.74. The van der Waals surface area contributed by atoms with Crippen molar-refractivity contribution in [3.63, 3.8) is 0 Å². The lowest BCUT2D eigenvalue weighted by atomic mass is 10.0. The number of benzene rings is 2. The van der Waals surface area contributed by atoms with Gasteiger partial charge in [0, 0.05) is 5.02 Å². The zero-order valence-corrected chi connectivity index (χ0v) is 13.1. The number of carbonyl (C=O) groups excluding carboxylic acids is 2. The number of ether oxygens (including phenoxy) is 1. The molecule has 0 aliphatic heterocycles. The van der Waals surface area contributed by atoms with Crippen molar-refractivity contribution in [1.29, 1.82) is 0 Å². The highest BCUT2D eigenvalue weighted by Crippen LogP contribution is 2.21. The second-order valence-electron chi connectivity index (χ2n) is 4.84. The molecule has 2 aromatic carbocycles. The molecule has 0 spiro atoms. The molecule has 0 aliphatic carbocycles. The molecule has 0 radical (unpaired) electrons. The van der Waals surface area contributed by atoms with Crippen LogP contribution in [0.25, 0.3) is 0 Å². The highest BCUT2D eigenvalue weighted by Gasteiger charge is 2.21. The highest BCUT2D eigenvalue weighted by molar-refractivity contribution is 6.30. The van der Waals surface area contributed by atoms with Crippen molar-refractivity contribution in [3.05, 3.63) is 70.5 Å². The Morgan fingerprint density at radius 1 is 1.17 bits per heavy atom. The maximum Gasteiger partial charge on any atom is 0.307 e. The molecule has 6 heteroatoms. The van der Waals surface area contributed by atoms with Crippen LogP contribution in [0.5, 0.6) is 0 Å². The highest BCUT2D eigenvalue weighted by atomic mass is 35.5. The summed E-state index contributed by atoms with van der Waals surface area (Å²) in [4.78, 5) is 23.8. The molecular formula is C17H15ClFNO3. The predicted molar refractivity (Wildman–Crippen MR) is 84.7 cm³/mol. The average Bonchev–Trinajstić information content (AvgIpc) is 2.55. The van der Waals surface area contributed by atoms with Gasteiger partial charge in [-0.1, -0.05) is 35.9 Å². The summed E-state index contributed by atoms with van der Waals surface area (Å²) < 4.78 is 18.4. The minimum Gasteiger partial charge on any atom is -0.469 e. The molecule has 2 rings (SSSR count). The van der Waals surface area contributed by atoms with Gasteiger partial charge in [0.1, 0.15) is 5.82 Å². The van der Waals surface area contributed by atoms with Crippen molar-refractivity contribution >= 4 is 23.5 Å². The van der Waals surface area contributed by atoms with Gasteiger partial charge in [0.15, 0.2) is 0 Å². The molecule has 1 N–H and O–H groups in total. The molecule has 0 bridgehead atoms. The van der Waals surface area contributed by atoms with Gasteiger partial charge < -0.3 is 10.1 Å². The van der Waals surface area contributed by atoms with E-state index >= 15 is 0 Å². The molecule has 23 heavy (non-hydrogen) atoms. The standard InChI is InChI=1S/C17H15ClFNO3/c1-23-16(21)10-15(11-6-8-12(18)9-7-11)20-17(22)13-4-2-3-5-14(13)19/h2-9,15H,10H2,1H3,(H,20,22)/t15-/m1/s1. The number of carbonyl (C=O) groups is 2. The Morgan fingerprint density at radius 3 is 2.43 bits per heavy atom. The van der Waals surface area contributed by atoms with Crippen LogP contribution in [0.15, 0.2) is 48.5 Å². The van der Waals surface area contributed by atoms with E-state index in [0.717, 1.165) is 0 Å². The molecule has 0 aromatic heterocycles. The lowest BCUT2D eigenvalue weighted by molar-refractivity contribution is -0.141. The third kappa shape index (κ3) is 4.53. The fraction of sp³-hybridized carbons (Fsp3) is 0.176. The van der Waals surface area contributed by atoms with Crippen LogP contribution < -0.4 is 5.32 Å². The number of esters is 1. The molecule has 4 nitrogen and oxygen atoms in total. The van der Waals surface area contributed by atoms with Crippen molar-refractivity contribution in [2.45, 2.75) is 12.5 Å². The van der Waals surface area contributed by atoms with E-state index in [1.165, 1.54) is 25.3 Å². The number of rotatable bonds is 5. The predicted octanol–water partition coefficient (Wildman–Crippen LogP) is 3.51. The molecule has 0 saturated carbocycles. The quantitative estimate of drug-likeness (QED) is 0.851. The van der Waals surface area contributed by atoms with Gasteiger partial charge in [-0.05, 0) is 29.8 Å². The van der Waals surface area contributed by atoms with E-state index in [2.05, 4.69) is 10.1 Å². The topological polar surface area (TPSA) is 55.4 Å². The Hall–Kier alpha value is -2.40. The Kier molecular flexibility index (Phi) is 5.71. The number of hydrogen-bond acceptors (Lipinski definition) is 3. The number of methoxy groups -OCH3 is 1. The van der Waals surface area contributed by atoms with Crippen LogP contribution >= 0.6 is 11.6 Å². The number of hydrogen-bond donors (Lipinski definition) is 1. The van der Waals surface area contributed by atoms with E-state index in [1.54, 1.807) is 30.3 Å². The smallest absolute Gasteiger partial charge is 0.307 e. The molecule has 1 atom stereocenters. The lowest BCUT2D eigenvalue weighted by Gasteiger charge is -2.18. The van der Waals surface area contributed by atoms with E-state index in [-0.39, 0.29) is 12.0 Å². The molecule has 1 amide bonds. The van der Waals surface area contributed by atoms with Crippen LogP contribution in [-0.2, 0) is 9.53 Å². The summed E-state index contributed by atoms with van der Waals surface area (Å²) in [5.41, 5.74) is 0.584. The van der Waals surface area contributed by atoms with Gasteiger partial charge in [-0.2, -0.15) is 0 Å². The first-order valence-electron chi connectivity index (χ1n) is 6.89. The van der Waals surface area contributed by atoms with Gasteiger partial charge in [0.25, 0.3) is 5.91 Å². The minimum absolute atomic E-state index is 0.0711. The molecule has 0 unspecified atom stereocenters. The Bertz CT molecular complexity index is 703. The van der Waals surface area contributed by atoms with Crippen LogP contribution in [0.2, 0.25) is 5.02 Å². The van der Waals surface area contributed by atoms with Crippen LogP contribution in [0.3, 0.4) is 0 Å². The van der Waals surface area contributed by atoms with E-state index in [9.17, 15) is 14.0 Å². The summed E-state index contributed by atoms with van der Waals surface area (Å²) in [5, 5.41) is 3.19. The first-order chi connectivity index (χ1) is 11.0. The van der Waals surface area contributed by atoms with Crippen molar-refractivity contribution in [2.75, 3.05) is 7.11 Å². The van der Waals surface area contributed by atoms with Crippen molar-refractivity contribution in [2.24, 2.45) is 0 Å². The van der Waals surface area contributed by atoms with E-state index < -0.39 is 23.7 Å². The average molecular weight is 336 g/mol. The minimum atomic E-state index is -0.646. The molecule has 2 aromatic rings. The summed E-state index contributed by atoms with van der Waals surface area (Å²) in [7, 11) is 1.26. The molecule has 0 heterocycles. The van der Waals surface area contributed by atoms with Crippen LogP contribution in [0, 0.1) is 5.82 Å². The normalized spacial score (nSPS) is 11.6. The van der Waals surface area contributed by atoms with Gasteiger partial charge in [0.05, 0.1) is 25.1 Å². The summed E-state index contributed by atoms with van der Waals surface area (Å²) in [6.07, 6.45) is -0.0711. The summed E-state index contributed by atoms with van der Waals surface area (Å²) in [6, 6.07) is 11.7. The number of halogens is 2. The van der Waals surface area contributed by atoms with Crippen LogP contribution in [0.1, 0.15) is 28.4 Å². The zero-order chi connectivity index (χ0) is 16.8. The first-order valence-corrected chi connectivity index (χ1v) is 7.26. The van der Waals surface area contributed by atoms with Crippen molar-refractivity contribution in [1.82, 2.24) is 5.32 Å². The van der Waals surface area contributed by atoms with Gasteiger partial charge in [-0.15, -0.1) is 0 Å².